The van der Waals surface area contributed by atoms with Gasteiger partial charge in [0.25, 0.3) is 15.9 Å². The predicted molar refractivity (Wildman–Crippen MR) is 130 cm³/mol. The lowest BCUT2D eigenvalue weighted by molar-refractivity contribution is 0.0997. The monoisotopic (exact) mass is 482 g/mol. The Morgan fingerprint density at radius 1 is 1.03 bits per heavy atom. The third kappa shape index (κ3) is 5.20. The number of methoxy groups -OCH3 is 1. The standard InChI is InChI=1S/C23H26N6O4S/c1-15-13-21(29-11-3-4-12-29)27-23(25-15)26-16-5-7-17(8-6-16)28-34(31,32)18-9-10-20(33-2)19(14-18)22(24)30/h5-10,13-14,28H,3-4,11-12H2,1-2H3,(H2,24,30)(H,25,26,27). The van der Waals surface area contributed by atoms with Gasteiger partial charge in [0.05, 0.1) is 17.6 Å². The summed E-state index contributed by atoms with van der Waals surface area (Å²) < 4.78 is 33.2. The van der Waals surface area contributed by atoms with Crippen molar-refractivity contribution >= 4 is 39.1 Å². The van der Waals surface area contributed by atoms with Gasteiger partial charge in [-0.15, -0.1) is 0 Å². The van der Waals surface area contributed by atoms with Gasteiger partial charge in [0.1, 0.15) is 11.6 Å². The van der Waals surface area contributed by atoms with E-state index in [-0.39, 0.29) is 16.2 Å². The highest BCUT2D eigenvalue weighted by Gasteiger charge is 2.19. The highest BCUT2D eigenvalue weighted by Crippen LogP contribution is 2.25. The van der Waals surface area contributed by atoms with Crippen LogP contribution in [0.15, 0.2) is 53.4 Å². The second kappa shape index (κ2) is 9.56. The number of anilines is 4. The van der Waals surface area contributed by atoms with E-state index in [2.05, 4.69) is 24.9 Å². The van der Waals surface area contributed by atoms with Crippen LogP contribution in [0, 0.1) is 6.92 Å². The first kappa shape index (κ1) is 23.3. The minimum atomic E-state index is -3.95. The SMILES string of the molecule is COc1ccc(S(=O)(=O)Nc2ccc(Nc3nc(C)cc(N4CCCC4)n3)cc2)cc1C(N)=O. The molecule has 3 aromatic rings. The molecule has 1 fully saturated rings. The molecule has 0 unspecified atom stereocenters. The van der Waals surface area contributed by atoms with Gasteiger partial charge in [0.15, 0.2) is 0 Å². The number of aromatic nitrogens is 2. The zero-order valence-corrected chi connectivity index (χ0v) is 19.7. The van der Waals surface area contributed by atoms with Gasteiger partial charge in [0.2, 0.25) is 5.95 Å². The van der Waals surface area contributed by atoms with Crippen LogP contribution < -0.4 is 25.4 Å². The Kier molecular flexibility index (Phi) is 6.55. The summed E-state index contributed by atoms with van der Waals surface area (Å²) in [4.78, 5) is 22.8. The number of nitrogens with two attached hydrogens (primary N) is 1. The average molecular weight is 483 g/mol. The zero-order valence-electron chi connectivity index (χ0n) is 18.9. The highest BCUT2D eigenvalue weighted by atomic mass is 32.2. The van der Waals surface area contributed by atoms with Gasteiger partial charge in [-0.25, -0.2) is 13.4 Å². The van der Waals surface area contributed by atoms with Crippen LogP contribution in [0.5, 0.6) is 5.75 Å². The lowest BCUT2D eigenvalue weighted by Crippen LogP contribution is -2.19. The molecule has 11 heteroatoms. The molecule has 1 amide bonds. The van der Waals surface area contributed by atoms with E-state index in [4.69, 9.17) is 10.5 Å². The summed E-state index contributed by atoms with van der Waals surface area (Å²) in [6, 6.07) is 12.6. The number of nitrogens with zero attached hydrogens (tertiary/aromatic N) is 3. The maximum atomic E-state index is 12.8. The molecule has 0 aliphatic carbocycles. The number of carbonyl (C=O) groups is 1. The van der Waals surface area contributed by atoms with Crippen LogP contribution in [0.4, 0.5) is 23.1 Å². The van der Waals surface area contributed by atoms with Crippen LogP contribution in [-0.2, 0) is 10.0 Å². The number of ether oxygens (including phenoxy) is 1. The summed E-state index contributed by atoms with van der Waals surface area (Å²) in [6.07, 6.45) is 2.31. The molecule has 10 nitrogen and oxygen atoms in total. The minimum Gasteiger partial charge on any atom is -0.496 e. The molecule has 1 saturated heterocycles. The van der Waals surface area contributed by atoms with Crippen molar-refractivity contribution in [2.24, 2.45) is 5.73 Å². The van der Waals surface area contributed by atoms with Crippen LogP contribution >= 0.6 is 0 Å². The fourth-order valence-corrected chi connectivity index (χ4v) is 4.81. The smallest absolute Gasteiger partial charge is 0.261 e. The van der Waals surface area contributed by atoms with Crippen molar-refractivity contribution in [3.63, 3.8) is 0 Å². The van der Waals surface area contributed by atoms with E-state index in [1.807, 2.05) is 13.0 Å². The van der Waals surface area contributed by atoms with E-state index in [0.29, 0.717) is 17.3 Å². The number of rotatable bonds is 8. The topological polar surface area (TPSA) is 140 Å². The summed E-state index contributed by atoms with van der Waals surface area (Å²) in [5.41, 5.74) is 7.24. The molecule has 0 radical (unpaired) electrons. The molecule has 1 aliphatic rings. The Bertz CT molecular complexity index is 1310. The van der Waals surface area contributed by atoms with Crippen LogP contribution in [0.2, 0.25) is 0 Å². The van der Waals surface area contributed by atoms with Crippen LogP contribution in [0.25, 0.3) is 0 Å². The fourth-order valence-electron chi connectivity index (χ4n) is 3.73. The van der Waals surface area contributed by atoms with Gasteiger partial charge in [-0.1, -0.05) is 0 Å². The van der Waals surface area contributed by atoms with Crippen LogP contribution in [0.1, 0.15) is 28.9 Å². The van der Waals surface area contributed by atoms with Gasteiger partial charge < -0.3 is 20.7 Å². The van der Waals surface area contributed by atoms with Crippen molar-refractivity contribution in [3.8, 4) is 5.75 Å². The average Bonchev–Trinajstić information content (AvgIpc) is 3.34. The van der Waals surface area contributed by atoms with Crippen molar-refractivity contribution in [2.75, 3.05) is 35.1 Å². The Morgan fingerprint density at radius 3 is 2.35 bits per heavy atom. The molecule has 1 aromatic heterocycles. The molecule has 0 saturated carbocycles. The first-order valence-electron chi connectivity index (χ1n) is 10.7. The Hall–Kier alpha value is -3.86. The maximum absolute atomic E-state index is 12.8. The Morgan fingerprint density at radius 2 is 1.71 bits per heavy atom. The number of benzene rings is 2. The van der Waals surface area contributed by atoms with E-state index >= 15 is 0 Å². The second-order valence-corrected chi connectivity index (χ2v) is 9.60. The van der Waals surface area contributed by atoms with Crippen molar-refractivity contribution in [3.05, 3.63) is 59.8 Å². The molecule has 4 N–H and O–H groups in total. The highest BCUT2D eigenvalue weighted by molar-refractivity contribution is 7.92. The van der Waals surface area contributed by atoms with Gasteiger partial charge in [-0.3, -0.25) is 9.52 Å². The van der Waals surface area contributed by atoms with Crippen molar-refractivity contribution in [1.82, 2.24) is 9.97 Å². The van der Waals surface area contributed by atoms with Crippen LogP contribution in [-0.4, -0.2) is 44.5 Å². The molecule has 34 heavy (non-hydrogen) atoms. The van der Waals surface area contributed by atoms with Gasteiger partial charge >= 0.3 is 0 Å². The van der Waals surface area contributed by atoms with Gasteiger partial charge in [-0.05, 0) is 62.2 Å². The van der Waals surface area contributed by atoms with E-state index in [0.717, 1.165) is 37.4 Å². The molecule has 0 spiro atoms. The Labute approximate surface area is 198 Å². The van der Waals surface area contributed by atoms with Gasteiger partial charge in [0, 0.05) is 36.2 Å². The quantitative estimate of drug-likeness (QED) is 0.445. The maximum Gasteiger partial charge on any atom is 0.261 e. The zero-order chi connectivity index (χ0) is 24.3. The predicted octanol–water partition coefficient (Wildman–Crippen LogP) is 3.04. The number of primary amides is 1. The Balaban J connectivity index is 1.49. The number of carbonyl (C=O) groups excluding carboxylic acids is 1. The largest absolute Gasteiger partial charge is 0.496 e. The molecule has 178 valence electrons. The first-order chi connectivity index (χ1) is 16.2. The number of sulfonamides is 1. The van der Waals surface area contributed by atoms with Crippen molar-refractivity contribution in [1.29, 1.82) is 0 Å². The molecular weight excluding hydrogens is 456 g/mol. The summed E-state index contributed by atoms with van der Waals surface area (Å²) >= 11 is 0. The summed E-state index contributed by atoms with van der Waals surface area (Å²) in [5, 5.41) is 3.17. The number of nitrogens with one attached hydrogen (secondary N) is 2. The molecule has 1 aliphatic heterocycles. The second-order valence-electron chi connectivity index (χ2n) is 7.92. The molecule has 0 atom stereocenters. The molecule has 0 bridgehead atoms. The molecule has 2 heterocycles. The normalized spacial score (nSPS) is 13.5. The summed E-state index contributed by atoms with van der Waals surface area (Å²) in [7, 11) is -2.58. The third-order valence-electron chi connectivity index (χ3n) is 5.41. The van der Waals surface area contributed by atoms with E-state index in [9.17, 15) is 13.2 Å². The van der Waals surface area contributed by atoms with Crippen molar-refractivity contribution in [2.45, 2.75) is 24.7 Å². The molecule has 4 rings (SSSR count). The first-order valence-corrected chi connectivity index (χ1v) is 12.2. The lowest BCUT2D eigenvalue weighted by Gasteiger charge is -2.17. The summed E-state index contributed by atoms with van der Waals surface area (Å²) in [5.74, 6) is 0.794. The van der Waals surface area contributed by atoms with Gasteiger partial charge in [-0.2, -0.15) is 4.98 Å². The number of hydrogen-bond donors (Lipinski definition) is 3. The minimum absolute atomic E-state index is 0.0172. The van der Waals surface area contributed by atoms with Crippen molar-refractivity contribution < 1.29 is 17.9 Å². The lowest BCUT2D eigenvalue weighted by atomic mass is 10.2. The number of hydrogen-bond acceptors (Lipinski definition) is 8. The number of aryl methyl sites for hydroxylation is 1. The number of amides is 1. The van der Waals surface area contributed by atoms with E-state index in [1.165, 1.54) is 25.3 Å². The van der Waals surface area contributed by atoms with E-state index in [1.54, 1.807) is 24.3 Å². The fraction of sp³-hybridized carbons (Fsp3) is 0.261. The van der Waals surface area contributed by atoms with Crippen LogP contribution in [0.3, 0.4) is 0 Å². The van der Waals surface area contributed by atoms with E-state index < -0.39 is 15.9 Å². The molecule has 2 aromatic carbocycles. The molecular formula is C23H26N6O4S. The third-order valence-corrected chi connectivity index (χ3v) is 6.79. The summed E-state index contributed by atoms with van der Waals surface area (Å²) in [6.45, 7) is 3.90.